The van der Waals surface area contributed by atoms with Crippen molar-refractivity contribution in [1.82, 2.24) is 5.32 Å². The summed E-state index contributed by atoms with van der Waals surface area (Å²) < 4.78 is 0. The normalized spacial score (nSPS) is 18.4. The third-order valence-corrected chi connectivity index (χ3v) is 3.59. The zero-order valence-corrected chi connectivity index (χ0v) is 12.0. The molecule has 108 valence electrons. The van der Waals surface area contributed by atoms with Crippen LogP contribution in [-0.2, 0) is 9.59 Å². The summed E-state index contributed by atoms with van der Waals surface area (Å²) in [6, 6.07) is 6.01. The van der Waals surface area contributed by atoms with Gasteiger partial charge < -0.3 is 16.0 Å². The monoisotopic (exact) mass is 275 g/mol. The Hall–Kier alpha value is -1.88. The van der Waals surface area contributed by atoms with Gasteiger partial charge in [0, 0.05) is 31.7 Å². The quantitative estimate of drug-likeness (QED) is 0.850. The molecule has 1 atom stereocenters. The number of anilines is 1. The second kappa shape index (κ2) is 6.05. The Balaban J connectivity index is 2.13. The zero-order valence-electron chi connectivity index (χ0n) is 12.0. The van der Waals surface area contributed by atoms with Gasteiger partial charge in [-0.1, -0.05) is 12.1 Å². The number of hydrogen-bond acceptors (Lipinski definition) is 3. The maximum absolute atomic E-state index is 12.1. The highest BCUT2D eigenvalue weighted by molar-refractivity contribution is 6.00. The molecule has 1 fully saturated rings. The summed E-state index contributed by atoms with van der Waals surface area (Å²) in [5, 5.41) is 2.75. The average Bonchev–Trinajstić information content (AvgIpc) is 2.81. The van der Waals surface area contributed by atoms with Crippen LogP contribution in [-0.4, -0.2) is 31.4 Å². The van der Waals surface area contributed by atoms with Crippen molar-refractivity contribution in [2.24, 2.45) is 11.7 Å². The van der Waals surface area contributed by atoms with Crippen molar-refractivity contribution in [3.63, 3.8) is 0 Å². The van der Waals surface area contributed by atoms with Crippen LogP contribution in [0.4, 0.5) is 5.69 Å². The van der Waals surface area contributed by atoms with Gasteiger partial charge in [0.1, 0.15) is 0 Å². The van der Waals surface area contributed by atoms with Crippen molar-refractivity contribution in [2.75, 3.05) is 24.5 Å². The van der Waals surface area contributed by atoms with Crippen molar-refractivity contribution < 1.29 is 9.59 Å². The van der Waals surface area contributed by atoms with E-state index in [4.69, 9.17) is 5.73 Å². The number of nitrogens with zero attached hydrogens (tertiary/aromatic N) is 1. The Kier molecular flexibility index (Phi) is 4.39. The average molecular weight is 275 g/mol. The Labute approximate surface area is 119 Å². The van der Waals surface area contributed by atoms with Gasteiger partial charge in [-0.15, -0.1) is 0 Å². The molecule has 1 unspecified atom stereocenters. The van der Waals surface area contributed by atoms with E-state index >= 15 is 0 Å². The van der Waals surface area contributed by atoms with E-state index in [0.717, 1.165) is 16.8 Å². The topological polar surface area (TPSA) is 75.4 Å². The molecule has 0 aliphatic carbocycles. The van der Waals surface area contributed by atoms with Crippen LogP contribution in [0.15, 0.2) is 18.2 Å². The van der Waals surface area contributed by atoms with Gasteiger partial charge in [0.05, 0.1) is 5.92 Å². The molecule has 1 heterocycles. The summed E-state index contributed by atoms with van der Waals surface area (Å²) in [6.45, 7) is 5.28. The van der Waals surface area contributed by atoms with Crippen molar-refractivity contribution in [3.05, 3.63) is 29.3 Å². The van der Waals surface area contributed by atoms with Crippen LogP contribution in [0.25, 0.3) is 0 Å². The van der Waals surface area contributed by atoms with Gasteiger partial charge in [-0.2, -0.15) is 0 Å². The predicted molar refractivity (Wildman–Crippen MR) is 78.4 cm³/mol. The van der Waals surface area contributed by atoms with E-state index in [0.29, 0.717) is 19.6 Å². The van der Waals surface area contributed by atoms with Gasteiger partial charge in [-0.3, -0.25) is 9.59 Å². The fourth-order valence-electron chi connectivity index (χ4n) is 2.47. The van der Waals surface area contributed by atoms with E-state index in [1.807, 2.05) is 32.0 Å². The minimum Gasteiger partial charge on any atom is -0.355 e. The Bertz CT molecular complexity index is 528. The number of rotatable bonds is 4. The van der Waals surface area contributed by atoms with Crippen molar-refractivity contribution in [2.45, 2.75) is 20.3 Å². The molecule has 0 radical (unpaired) electrons. The minimum absolute atomic E-state index is 0.00611. The van der Waals surface area contributed by atoms with Crippen LogP contribution in [0.3, 0.4) is 0 Å². The second-order valence-corrected chi connectivity index (χ2v) is 5.28. The molecule has 0 aromatic heterocycles. The largest absolute Gasteiger partial charge is 0.355 e. The summed E-state index contributed by atoms with van der Waals surface area (Å²) in [6.07, 6.45) is 0.268. The molecule has 5 heteroatoms. The molecular weight excluding hydrogens is 254 g/mol. The molecular formula is C15H21N3O2. The molecule has 2 rings (SSSR count). The summed E-state index contributed by atoms with van der Waals surface area (Å²) in [5.41, 5.74) is 8.43. The van der Waals surface area contributed by atoms with Gasteiger partial charge in [-0.05, 0) is 31.0 Å². The smallest absolute Gasteiger partial charge is 0.227 e. The molecule has 1 aromatic rings. The van der Waals surface area contributed by atoms with Crippen LogP contribution in [0.2, 0.25) is 0 Å². The standard InChI is InChI=1S/C15H21N3O2/c1-10-3-4-11(2)13(7-10)18-9-12(8-14(18)19)15(20)17-6-5-16/h3-4,7,12H,5-6,8-9,16H2,1-2H3,(H,17,20). The van der Waals surface area contributed by atoms with Crippen molar-refractivity contribution >= 4 is 17.5 Å². The molecule has 1 aliphatic rings. The summed E-state index contributed by atoms with van der Waals surface area (Å²) in [4.78, 5) is 25.8. The van der Waals surface area contributed by atoms with Crippen molar-refractivity contribution in [3.8, 4) is 0 Å². The molecule has 0 bridgehead atoms. The highest BCUT2D eigenvalue weighted by Gasteiger charge is 2.35. The highest BCUT2D eigenvalue weighted by Crippen LogP contribution is 2.28. The number of carbonyl (C=O) groups is 2. The van der Waals surface area contributed by atoms with Crippen LogP contribution in [0.5, 0.6) is 0 Å². The Morgan fingerprint density at radius 1 is 1.45 bits per heavy atom. The van der Waals surface area contributed by atoms with Crippen LogP contribution in [0.1, 0.15) is 17.5 Å². The van der Waals surface area contributed by atoms with Gasteiger partial charge in [-0.25, -0.2) is 0 Å². The maximum atomic E-state index is 12.1. The lowest BCUT2D eigenvalue weighted by molar-refractivity contribution is -0.126. The molecule has 1 aromatic carbocycles. The molecule has 3 N–H and O–H groups in total. The number of amides is 2. The second-order valence-electron chi connectivity index (χ2n) is 5.28. The molecule has 5 nitrogen and oxygen atoms in total. The van der Waals surface area contributed by atoms with Gasteiger partial charge in [0.25, 0.3) is 0 Å². The lowest BCUT2D eigenvalue weighted by atomic mass is 10.1. The first kappa shape index (κ1) is 14.5. The van der Waals surface area contributed by atoms with E-state index < -0.39 is 0 Å². The first-order valence-electron chi connectivity index (χ1n) is 6.88. The number of carbonyl (C=O) groups excluding carboxylic acids is 2. The maximum Gasteiger partial charge on any atom is 0.227 e. The SMILES string of the molecule is Cc1ccc(C)c(N2CC(C(=O)NCCN)CC2=O)c1. The van der Waals surface area contributed by atoms with Gasteiger partial charge in [0.15, 0.2) is 0 Å². The molecule has 1 saturated heterocycles. The fourth-order valence-corrected chi connectivity index (χ4v) is 2.47. The number of hydrogen-bond donors (Lipinski definition) is 2. The number of aryl methyl sites for hydroxylation is 2. The highest BCUT2D eigenvalue weighted by atomic mass is 16.2. The summed E-state index contributed by atoms with van der Waals surface area (Å²) >= 11 is 0. The van der Waals surface area contributed by atoms with E-state index in [1.165, 1.54) is 0 Å². The predicted octanol–water partition coefficient (Wildman–Crippen LogP) is 0.731. The molecule has 1 aliphatic heterocycles. The molecule has 20 heavy (non-hydrogen) atoms. The number of nitrogens with two attached hydrogens (primary N) is 1. The third kappa shape index (κ3) is 2.99. The number of benzene rings is 1. The molecule has 0 saturated carbocycles. The Morgan fingerprint density at radius 2 is 2.20 bits per heavy atom. The van der Waals surface area contributed by atoms with Crippen LogP contribution < -0.4 is 16.0 Å². The summed E-state index contributed by atoms with van der Waals surface area (Å²) in [7, 11) is 0. The fraction of sp³-hybridized carbons (Fsp3) is 0.467. The first-order valence-corrected chi connectivity index (χ1v) is 6.88. The van der Waals surface area contributed by atoms with Crippen LogP contribution >= 0.6 is 0 Å². The van der Waals surface area contributed by atoms with E-state index in [-0.39, 0.29) is 24.2 Å². The molecule has 2 amide bonds. The van der Waals surface area contributed by atoms with E-state index in [2.05, 4.69) is 5.32 Å². The van der Waals surface area contributed by atoms with Crippen LogP contribution in [0, 0.1) is 19.8 Å². The number of nitrogens with one attached hydrogen (secondary N) is 1. The lowest BCUT2D eigenvalue weighted by Crippen LogP contribution is -2.35. The van der Waals surface area contributed by atoms with Gasteiger partial charge in [0.2, 0.25) is 11.8 Å². The zero-order chi connectivity index (χ0) is 14.7. The molecule has 0 spiro atoms. The van der Waals surface area contributed by atoms with Gasteiger partial charge >= 0.3 is 0 Å². The lowest BCUT2D eigenvalue weighted by Gasteiger charge is -2.19. The van der Waals surface area contributed by atoms with E-state index in [9.17, 15) is 9.59 Å². The minimum atomic E-state index is -0.283. The third-order valence-electron chi connectivity index (χ3n) is 3.59. The Morgan fingerprint density at radius 3 is 2.90 bits per heavy atom. The van der Waals surface area contributed by atoms with Crippen molar-refractivity contribution in [1.29, 1.82) is 0 Å². The summed E-state index contributed by atoms with van der Waals surface area (Å²) in [5.74, 6) is -0.364. The van der Waals surface area contributed by atoms with E-state index in [1.54, 1.807) is 4.90 Å². The first-order chi connectivity index (χ1) is 9.52.